The van der Waals surface area contributed by atoms with Crippen molar-refractivity contribution in [2.45, 2.75) is 36.9 Å². The molecule has 3 N–H and O–H groups in total. The van der Waals surface area contributed by atoms with Crippen LogP contribution in [0.4, 0.5) is 17.6 Å². The average molecular weight is 590 g/mol. The number of halogens is 5. The van der Waals surface area contributed by atoms with E-state index in [0.29, 0.717) is 0 Å². The van der Waals surface area contributed by atoms with Crippen LogP contribution in [0.25, 0.3) is 11.1 Å². The molecule has 208 valence electrons. The van der Waals surface area contributed by atoms with Gasteiger partial charge in [0, 0.05) is 28.8 Å². The van der Waals surface area contributed by atoms with Gasteiger partial charge in [-0.3, -0.25) is 5.10 Å². The van der Waals surface area contributed by atoms with Gasteiger partial charge >= 0.3 is 11.9 Å². The normalized spacial score (nSPS) is 13.8. The number of nitrogens with zero attached hydrogens (tertiary/aromatic N) is 2. The maximum atomic E-state index is 15.3. The zero-order valence-electron chi connectivity index (χ0n) is 20.4. The predicted molar refractivity (Wildman–Crippen MR) is 130 cm³/mol. The minimum Gasteiger partial charge on any atom is -0.495 e. The van der Waals surface area contributed by atoms with E-state index in [0.717, 1.165) is 18.3 Å². The number of hydrogen-bond donors (Lipinski definition) is 3. The Kier molecular flexibility index (Phi) is 7.60. The number of rotatable bonds is 8. The van der Waals surface area contributed by atoms with Crippen LogP contribution < -0.4 is 15.2 Å². The molecule has 0 fully saturated rings. The summed E-state index contributed by atoms with van der Waals surface area (Å²) in [5.74, 6) is -3.55. The number of nitrogens with one attached hydrogen (secondary N) is 3. The molecule has 2 heterocycles. The van der Waals surface area contributed by atoms with Crippen molar-refractivity contribution in [2.24, 2.45) is 0 Å². The van der Waals surface area contributed by atoms with Crippen molar-refractivity contribution in [1.29, 1.82) is 0 Å². The van der Waals surface area contributed by atoms with E-state index < -0.39 is 51.3 Å². The van der Waals surface area contributed by atoms with Crippen molar-refractivity contribution in [1.82, 2.24) is 25.1 Å². The Bertz CT molecular complexity index is 1680. The summed E-state index contributed by atoms with van der Waals surface area (Å²) in [6, 6.07) is 4.37. The fourth-order valence-corrected chi connectivity index (χ4v) is 5.84. The van der Waals surface area contributed by atoms with Crippen molar-refractivity contribution in [3.05, 3.63) is 80.6 Å². The molecule has 0 radical (unpaired) electrons. The largest absolute Gasteiger partial charge is 0.495 e. The topological polar surface area (TPSA) is 143 Å². The highest BCUT2D eigenvalue weighted by atomic mass is 35.5. The Balaban J connectivity index is 1.84. The fraction of sp³-hybridized carbons (Fsp3) is 0.261. The van der Waals surface area contributed by atoms with Crippen LogP contribution in [0.5, 0.6) is 5.75 Å². The minimum absolute atomic E-state index is 0.00350. The van der Waals surface area contributed by atoms with Gasteiger partial charge in [0.1, 0.15) is 22.5 Å². The number of alkyl halides is 3. The number of aromatic amines is 2. The lowest BCUT2D eigenvalue weighted by Crippen LogP contribution is -2.33. The van der Waals surface area contributed by atoms with Gasteiger partial charge in [0.2, 0.25) is 15.9 Å². The Labute approximate surface area is 223 Å². The van der Waals surface area contributed by atoms with E-state index in [-0.39, 0.29) is 37.9 Å². The van der Waals surface area contributed by atoms with Crippen molar-refractivity contribution < 1.29 is 35.1 Å². The van der Waals surface area contributed by atoms with Gasteiger partial charge in [-0.25, -0.2) is 22.7 Å². The van der Waals surface area contributed by atoms with Gasteiger partial charge in [0.05, 0.1) is 7.11 Å². The molecule has 2 aromatic heterocycles. The predicted octanol–water partition coefficient (Wildman–Crippen LogP) is 4.70. The second-order valence-corrected chi connectivity index (χ2v) is 10.5. The molecule has 4 aromatic rings. The van der Waals surface area contributed by atoms with Crippen molar-refractivity contribution in [3.8, 4) is 16.9 Å². The van der Waals surface area contributed by atoms with Crippen molar-refractivity contribution in [3.63, 3.8) is 0 Å². The number of sulfonamides is 1. The number of hydrogen-bond acceptors (Lipinski definition) is 7. The summed E-state index contributed by atoms with van der Waals surface area (Å²) in [7, 11) is -3.22. The van der Waals surface area contributed by atoms with E-state index in [1.54, 1.807) is 0 Å². The molecular weight excluding hydrogens is 570 g/mol. The standard InChI is InChI=1S/C23H20ClF4N5O5S/c1-10-13(14-9-29-30-20(14)23(26,27)28)5-6-15(25)18(10)11(2)19(21-31-32-22(34)38-21)33-39(35,36)17-7-4-12(24)8-16(17)37-3/h4-9,11,19,33H,1-3H3,(H,29,30)(H,32,34)/t11-,19+/m1/s1. The molecule has 0 aliphatic rings. The van der Waals surface area contributed by atoms with E-state index in [1.165, 1.54) is 39.2 Å². The first-order valence-corrected chi connectivity index (χ1v) is 12.9. The third-order valence-corrected chi connectivity index (χ3v) is 7.75. The molecule has 0 unspecified atom stereocenters. The Morgan fingerprint density at radius 3 is 2.49 bits per heavy atom. The molecular formula is C23H20ClF4N5O5S. The molecule has 0 saturated carbocycles. The summed E-state index contributed by atoms with van der Waals surface area (Å²) in [4.78, 5) is 11.4. The van der Waals surface area contributed by atoms with Crippen LogP contribution in [0.2, 0.25) is 5.02 Å². The lowest BCUT2D eigenvalue weighted by molar-refractivity contribution is -0.140. The monoisotopic (exact) mass is 589 g/mol. The highest BCUT2D eigenvalue weighted by Gasteiger charge is 2.38. The van der Waals surface area contributed by atoms with E-state index in [9.17, 15) is 26.4 Å². The molecule has 0 aliphatic carbocycles. The van der Waals surface area contributed by atoms with Crippen LogP contribution in [0.1, 0.15) is 41.6 Å². The average Bonchev–Trinajstić information content (AvgIpc) is 3.51. The molecule has 4 rings (SSSR count). The fourth-order valence-electron chi connectivity index (χ4n) is 4.26. The molecule has 0 bridgehead atoms. The SMILES string of the molecule is COc1cc(Cl)ccc1S(=O)(=O)N[C@H](c1n[nH]c(=O)o1)[C@H](C)c1c(F)ccc(-c2c[nH]nc2C(F)(F)F)c1C. The second kappa shape index (κ2) is 10.5. The van der Waals surface area contributed by atoms with Crippen molar-refractivity contribution in [2.75, 3.05) is 7.11 Å². The second-order valence-electron chi connectivity index (χ2n) is 8.41. The van der Waals surface area contributed by atoms with Gasteiger partial charge in [-0.2, -0.15) is 23.0 Å². The van der Waals surface area contributed by atoms with Gasteiger partial charge < -0.3 is 9.15 Å². The Hall–Kier alpha value is -3.69. The van der Waals surface area contributed by atoms with E-state index in [2.05, 4.69) is 20.0 Å². The summed E-state index contributed by atoms with van der Waals surface area (Å²) in [5.41, 5.74) is -1.61. The maximum absolute atomic E-state index is 15.3. The maximum Gasteiger partial charge on any atom is 0.435 e. The minimum atomic E-state index is -4.80. The van der Waals surface area contributed by atoms with E-state index in [1.807, 2.05) is 5.10 Å². The number of benzene rings is 2. The number of aromatic nitrogens is 4. The van der Waals surface area contributed by atoms with Gasteiger partial charge in [0.15, 0.2) is 5.69 Å². The molecule has 16 heteroatoms. The van der Waals surface area contributed by atoms with Crippen LogP contribution in [0.3, 0.4) is 0 Å². The highest BCUT2D eigenvalue weighted by molar-refractivity contribution is 7.89. The summed E-state index contributed by atoms with van der Waals surface area (Å²) in [6.07, 6.45) is -3.77. The van der Waals surface area contributed by atoms with Crippen LogP contribution in [-0.4, -0.2) is 35.9 Å². The van der Waals surface area contributed by atoms with E-state index in [4.69, 9.17) is 20.8 Å². The number of ether oxygens (including phenoxy) is 1. The highest BCUT2D eigenvalue weighted by Crippen LogP contribution is 2.41. The molecule has 0 spiro atoms. The molecule has 39 heavy (non-hydrogen) atoms. The first-order valence-electron chi connectivity index (χ1n) is 11.1. The molecule has 0 aliphatic heterocycles. The summed E-state index contributed by atoms with van der Waals surface area (Å²) in [5, 5.41) is 11.4. The summed E-state index contributed by atoms with van der Waals surface area (Å²) >= 11 is 5.93. The third-order valence-electron chi connectivity index (χ3n) is 6.03. The van der Waals surface area contributed by atoms with Gasteiger partial charge in [-0.15, -0.1) is 5.10 Å². The third kappa shape index (κ3) is 5.55. The van der Waals surface area contributed by atoms with Gasteiger partial charge in [0.25, 0.3) is 0 Å². The molecule has 10 nitrogen and oxygen atoms in total. The van der Waals surface area contributed by atoms with Crippen LogP contribution in [-0.2, 0) is 16.2 Å². The van der Waals surface area contributed by atoms with Crippen LogP contribution in [0.15, 0.2) is 50.6 Å². The first kappa shape index (κ1) is 28.3. The van der Waals surface area contributed by atoms with E-state index >= 15 is 4.39 Å². The van der Waals surface area contributed by atoms with Crippen LogP contribution in [0, 0.1) is 12.7 Å². The number of H-pyrrole nitrogens is 2. The van der Waals surface area contributed by atoms with Gasteiger partial charge in [-0.1, -0.05) is 24.6 Å². The van der Waals surface area contributed by atoms with Crippen LogP contribution >= 0.6 is 11.6 Å². The summed E-state index contributed by atoms with van der Waals surface area (Å²) < 4.78 is 95.1. The zero-order valence-corrected chi connectivity index (χ0v) is 21.9. The Morgan fingerprint density at radius 2 is 1.87 bits per heavy atom. The lowest BCUT2D eigenvalue weighted by Gasteiger charge is -2.25. The molecule has 2 atom stereocenters. The molecule has 0 saturated heterocycles. The smallest absolute Gasteiger partial charge is 0.435 e. The zero-order chi connectivity index (χ0) is 28.7. The lowest BCUT2D eigenvalue weighted by atomic mass is 9.86. The van der Waals surface area contributed by atoms with Crippen molar-refractivity contribution >= 4 is 21.6 Å². The number of methoxy groups -OCH3 is 1. The summed E-state index contributed by atoms with van der Waals surface area (Å²) in [6.45, 7) is 2.78. The molecule has 0 amide bonds. The Morgan fingerprint density at radius 1 is 1.15 bits per heavy atom. The van der Waals surface area contributed by atoms with Gasteiger partial charge in [-0.05, 0) is 41.8 Å². The quantitative estimate of drug-likeness (QED) is 0.253. The first-order chi connectivity index (χ1) is 18.2. The molecule has 2 aromatic carbocycles.